The number of nitrogens with zero attached hydrogens (tertiary/aromatic N) is 2. The number of nitrogens with two attached hydrogens (primary N) is 1. The molecule has 1 atom stereocenters. The Labute approximate surface area is 121 Å². The lowest BCUT2D eigenvalue weighted by Crippen LogP contribution is -2.12. The maximum Gasteiger partial charge on any atom is 0.112 e. The molecule has 2 N–H and O–H groups in total. The van der Waals surface area contributed by atoms with Crippen molar-refractivity contribution in [1.82, 2.24) is 9.55 Å². The third-order valence-corrected chi connectivity index (χ3v) is 4.36. The van der Waals surface area contributed by atoms with Gasteiger partial charge in [0.2, 0.25) is 0 Å². The Balaban J connectivity index is 2.10. The lowest BCUT2D eigenvalue weighted by atomic mass is 10.1. The van der Waals surface area contributed by atoms with Crippen molar-refractivity contribution in [3.8, 4) is 0 Å². The number of hydrogen-bond donors (Lipinski definition) is 1. The van der Waals surface area contributed by atoms with Gasteiger partial charge in [0.1, 0.15) is 5.82 Å². The molecule has 20 heavy (non-hydrogen) atoms. The van der Waals surface area contributed by atoms with Crippen molar-refractivity contribution in [3.05, 3.63) is 29.6 Å². The van der Waals surface area contributed by atoms with Crippen LogP contribution in [0.25, 0.3) is 11.0 Å². The predicted molar refractivity (Wildman–Crippen MR) is 83.6 cm³/mol. The zero-order chi connectivity index (χ0) is 14.3. The monoisotopic (exact) mass is 271 g/mol. The Morgan fingerprint density at radius 1 is 1.30 bits per heavy atom. The minimum Gasteiger partial charge on any atom is -0.327 e. The molecule has 1 aliphatic carbocycles. The van der Waals surface area contributed by atoms with Crippen LogP contribution in [0.1, 0.15) is 50.9 Å². The number of imidazole rings is 1. The van der Waals surface area contributed by atoms with Crippen molar-refractivity contribution in [2.45, 2.75) is 52.6 Å². The van der Waals surface area contributed by atoms with Crippen molar-refractivity contribution in [1.29, 1.82) is 0 Å². The fraction of sp³-hybridized carbons (Fsp3) is 0.588. The Bertz CT molecular complexity index is 608. The van der Waals surface area contributed by atoms with Gasteiger partial charge in [-0.15, -0.1) is 0 Å². The van der Waals surface area contributed by atoms with E-state index in [2.05, 4.69) is 43.5 Å². The lowest BCUT2D eigenvalue weighted by Gasteiger charge is -2.16. The second kappa shape index (κ2) is 5.21. The highest BCUT2D eigenvalue weighted by Crippen LogP contribution is 2.42. The molecular formula is C17H25N3. The molecule has 0 bridgehead atoms. The summed E-state index contributed by atoms with van der Waals surface area (Å²) in [6, 6.07) is 6.47. The van der Waals surface area contributed by atoms with E-state index in [-0.39, 0.29) is 0 Å². The topological polar surface area (TPSA) is 43.8 Å². The van der Waals surface area contributed by atoms with E-state index in [1.165, 1.54) is 24.2 Å². The van der Waals surface area contributed by atoms with Crippen LogP contribution >= 0.6 is 0 Å². The van der Waals surface area contributed by atoms with Gasteiger partial charge in [0, 0.05) is 19.0 Å². The molecule has 0 spiro atoms. The molecule has 108 valence electrons. The van der Waals surface area contributed by atoms with Gasteiger partial charge in [-0.05, 0) is 42.4 Å². The first kappa shape index (κ1) is 13.6. The van der Waals surface area contributed by atoms with Gasteiger partial charge < -0.3 is 10.3 Å². The first-order valence-electron chi connectivity index (χ1n) is 7.79. The van der Waals surface area contributed by atoms with Crippen molar-refractivity contribution >= 4 is 11.0 Å². The highest BCUT2D eigenvalue weighted by molar-refractivity contribution is 5.77. The van der Waals surface area contributed by atoms with Gasteiger partial charge in [0.15, 0.2) is 0 Å². The van der Waals surface area contributed by atoms with Crippen LogP contribution in [0.5, 0.6) is 0 Å². The van der Waals surface area contributed by atoms with Gasteiger partial charge in [-0.1, -0.05) is 26.8 Å². The number of benzene rings is 1. The van der Waals surface area contributed by atoms with E-state index < -0.39 is 0 Å². The highest BCUT2D eigenvalue weighted by atomic mass is 15.1. The molecule has 3 nitrogen and oxygen atoms in total. The van der Waals surface area contributed by atoms with Crippen LogP contribution in [0.15, 0.2) is 18.2 Å². The number of aromatic nitrogens is 2. The van der Waals surface area contributed by atoms with E-state index in [4.69, 9.17) is 10.7 Å². The molecule has 3 heteroatoms. The average Bonchev–Trinajstić information content (AvgIpc) is 3.21. The number of fused-ring (bicyclic) bond motifs is 1. The molecule has 0 amide bonds. The van der Waals surface area contributed by atoms with Crippen molar-refractivity contribution in [3.63, 3.8) is 0 Å². The fourth-order valence-corrected chi connectivity index (χ4v) is 3.03. The smallest absolute Gasteiger partial charge is 0.112 e. The van der Waals surface area contributed by atoms with Crippen LogP contribution in [0.3, 0.4) is 0 Å². The Hall–Kier alpha value is -1.35. The molecule has 1 fully saturated rings. The summed E-state index contributed by atoms with van der Waals surface area (Å²) in [6.07, 6.45) is 2.72. The van der Waals surface area contributed by atoms with Gasteiger partial charge in [-0.25, -0.2) is 4.98 Å². The zero-order valence-corrected chi connectivity index (χ0v) is 12.8. The Morgan fingerprint density at radius 3 is 2.65 bits per heavy atom. The predicted octanol–water partition coefficient (Wildman–Crippen LogP) is 3.66. The van der Waals surface area contributed by atoms with Crippen molar-refractivity contribution < 1.29 is 0 Å². The Morgan fingerprint density at radius 2 is 2.05 bits per heavy atom. The molecule has 0 radical (unpaired) electrons. The van der Waals surface area contributed by atoms with E-state index in [9.17, 15) is 0 Å². The van der Waals surface area contributed by atoms with Crippen molar-refractivity contribution in [2.24, 2.45) is 17.6 Å². The van der Waals surface area contributed by atoms with Crippen LogP contribution < -0.4 is 5.73 Å². The van der Waals surface area contributed by atoms with Gasteiger partial charge in [-0.3, -0.25) is 0 Å². The third kappa shape index (κ3) is 2.47. The SMILES string of the molecule is CC(C)Cn1c(C(C)C2CC2)nc2cc(CN)ccc21. The number of rotatable bonds is 5. The molecule has 1 aromatic heterocycles. The average molecular weight is 271 g/mol. The number of hydrogen-bond acceptors (Lipinski definition) is 2. The summed E-state index contributed by atoms with van der Waals surface area (Å²) in [4.78, 5) is 4.94. The standard InChI is InChI=1S/C17H25N3/c1-11(2)10-20-16-7-4-13(9-18)8-15(16)19-17(20)12(3)14-5-6-14/h4,7-8,11-12,14H,5-6,9-10,18H2,1-3H3. The normalized spacial score (nSPS) is 17.1. The molecule has 3 rings (SSSR count). The molecule has 0 saturated heterocycles. The Kier molecular flexibility index (Phi) is 3.55. The molecule has 0 aliphatic heterocycles. The second-order valence-corrected chi connectivity index (χ2v) is 6.63. The van der Waals surface area contributed by atoms with Crippen LogP contribution in [0, 0.1) is 11.8 Å². The van der Waals surface area contributed by atoms with Crippen LogP contribution in [-0.2, 0) is 13.1 Å². The molecule has 1 saturated carbocycles. The zero-order valence-electron chi connectivity index (χ0n) is 12.8. The fourth-order valence-electron chi connectivity index (χ4n) is 3.03. The van der Waals surface area contributed by atoms with E-state index in [1.54, 1.807) is 0 Å². The molecule has 1 heterocycles. The maximum absolute atomic E-state index is 5.75. The summed E-state index contributed by atoms with van der Waals surface area (Å²) in [5.74, 6) is 3.31. The summed E-state index contributed by atoms with van der Waals surface area (Å²) < 4.78 is 2.43. The molecule has 1 aromatic carbocycles. The molecule has 2 aromatic rings. The summed E-state index contributed by atoms with van der Waals surface area (Å²) in [5, 5.41) is 0. The minimum atomic E-state index is 0.572. The summed E-state index contributed by atoms with van der Waals surface area (Å²) in [6.45, 7) is 8.50. The van der Waals surface area contributed by atoms with E-state index in [0.717, 1.165) is 23.5 Å². The molecule has 1 unspecified atom stereocenters. The summed E-state index contributed by atoms with van der Waals surface area (Å²) in [5.41, 5.74) is 9.28. The first-order chi connectivity index (χ1) is 9.60. The van der Waals surface area contributed by atoms with Crippen LogP contribution in [0.2, 0.25) is 0 Å². The first-order valence-corrected chi connectivity index (χ1v) is 7.79. The molecule has 1 aliphatic rings. The largest absolute Gasteiger partial charge is 0.327 e. The highest BCUT2D eigenvalue weighted by Gasteiger charge is 2.32. The van der Waals surface area contributed by atoms with Gasteiger partial charge in [0.05, 0.1) is 11.0 Å². The van der Waals surface area contributed by atoms with E-state index in [1.807, 2.05) is 0 Å². The lowest BCUT2D eigenvalue weighted by molar-refractivity contribution is 0.490. The summed E-state index contributed by atoms with van der Waals surface area (Å²) >= 11 is 0. The quantitative estimate of drug-likeness (QED) is 0.901. The van der Waals surface area contributed by atoms with Crippen LogP contribution in [-0.4, -0.2) is 9.55 Å². The van der Waals surface area contributed by atoms with E-state index >= 15 is 0 Å². The van der Waals surface area contributed by atoms with Crippen LogP contribution in [0.4, 0.5) is 0 Å². The van der Waals surface area contributed by atoms with Gasteiger partial charge in [0.25, 0.3) is 0 Å². The third-order valence-electron chi connectivity index (χ3n) is 4.36. The van der Waals surface area contributed by atoms with Crippen molar-refractivity contribution in [2.75, 3.05) is 0 Å². The molecular weight excluding hydrogens is 246 g/mol. The van der Waals surface area contributed by atoms with Gasteiger partial charge >= 0.3 is 0 Å². The second-order valence-electron chi connectivity index (χ2n) is 6.63. The minimum absolute atomic E-state index is 0.572. The van der Waals surface area contributed by atoms with E-state index in [0.29, 0.717) is 18.4 Å². The van der Waals surface area contributed by atoms with Gasteiger partial charge in [-0.2, -0.15) is 0 Å². The summed E-state index contributed by atoms with van der Waals surface area (Å²) in [7, 11) is 0. The maximum atomic E-state index is 5.75.